The Hall–Kier alpha value is -1.96. The summed E-state index contributed by atoms with van der Waals surface area (Å²) in [7, 11) is 2.14. The van der Waals surface area contributed by atoms with E-state index in [1.54, 1.807) is 0 Å². The van der Waals surface area contributed by atoms with Gasteiger partial charge < -0.3 is 9.64 Å². The second-order valence-corrected chi connectivity index (χ2v) is 6.65. The molecule has 0 saturated carbocycles. The van der Waals surface area contributed by atoms with E-state index in [1.807, 2.05) is 0 Å². The Labute approximate surface area is 126 Å². The Morgan fingerprint density at radius 2 is 1.95 bits per heavy atom. The monoisotopic (exact) mass is 279 g/mol. The number of likely N-dealkylation sites (N-methyl/N-ethyl adjacent to an activating group) is 1. The van der Waals surface area contributed by atoms with Crippen molar-refractivity contribution in [1.29, 1.82) is 0 Å². The summed E-state index contributed by atoms with van der Waals surface area (Å²) in [5.41, 5.74) is 3.34. The van der Waals surface area contributed by atoms with Crippen LogP contribution >= 0.6 is 0 Å². The third kappa shape index (κ3) is 1.48. The molecule has 2 aliphatic heterocycles. The molecule has 0 radical (unpaired) electrons. The van der Waals surface area contributed by atoms with Crippen LogP contribution in [0.4, 0.5) is 5.69 Å². The van der Waals surface area contributed by atoms with E-state index < -0.39 is 5.72 Å². The lowest BCUT2D eigenvalue weighted by atomic mass is 9.76. The van der Waals surface area contributed by atoms with E-state index >= 15 is 0 Å². The third-order valence-electron chi connectivity index (χ3n) is 5.26. The number of benzene rings is 1. The number of ether oxygens (including phenoxy) is 1. The SMILES string of the molecule is CN1c2ccccc2C(C)(C)[C@]12C=CC1=C(CCC=C1)O2. The Morgan fingerprint density at radius 1 is 1.14 bits per heavy atom. The zero-order chi connectivity index (χ0) is 14.7. The van der Waals surface area contributed by atoms with Crippen LogP contribution in [0.1, 0.15) is 32.3 Å². The molecule has 2 heterocycles. The van der Waals surface area contributed by atoms with Crippen molar-refractivity contribution in [3.63, 3.8) is 0 Å². The Balaban J connectivity index is 1.86. The molecule has 2 nitrogen and oxygen atoms in total. The number of nitrogens with zero attached hydrogens (tertiary/aromatic N) is 1. The highest BCUT2D eigenvalue weighted by Gasteiger charge is 2.57. The summed E-state index contributed by atoms with van der Waals surface area (Å²) >= 11 is 0. The van der Waals surface area contributed by atoms with Gasteiger partial charge in [-0.25, -0.2) is 0 Å². The van der Waals surface area contributed by atoms with E-state index in [0.717, 1.165) is 18.6 Å². The maximum atomic E-state index is 6.62. The molecule has 0 amide bonds. The van der Waals surface area contributed by atoms with E-state index in [2.05, 4.69) is 74.4 Å². The average molecular weight is 279 g/mol. The van der Waals surface area contributed by atoms with Crippen molar-refractivity contribution in [3.05, 3.63) is 65.5 Å². The van der Waals surface area contributed by atoms with E-state index in [4.69, 9.17) is 4.74 Å². The van der Waals surface area contributed by atoms with Crippen LogP contribution in [0.25, 0.3) is 0 Å². The first-order valence-electron chi connectivity index (χ1n) is 7.67. The van der Waals surface area contributed by atoms with E-state index in [-0.39, 0.29) is 5.41 Å². The fourth-order valence-corrected chi connectivity index (χ4v) is 3.95. The molecule has 108 valence electrons. The van der Waals surface area contributed by atoms with Crippen molar-refractivity contribution < 1.29 is 4.74 Å². The average Bonchev–Trinajstić information content (AvgIpc) is 2.67. The lowest BCUT2D eigenvalue weighted by Crippen LogP contribution is -2.55. The maximum absolute atomic E-state index is 6.62. The van der Waals surface area contributed by atoms with Gasteiger partial charge in [-0.3, -0.25) is 0 Å². The molecule has 0 aromatic heterocycles. The minimum Gasteiger partial charge on any atom is -0.467 e. The number of anilines is 1. The fraction of sp³-hybridized carbons (Fsp3) is 0.368. The highest BCUT2D eigenvalue weighted by Crippen LogP contribution is 2.54. The van der Waals surface area contributed by atoms with E-state index in [1.165, 1.54) is 16.8 Å². The summed E-state index contributed by atoms with van der Waals surface area (Å²) in [6.07, 6.45) is 10.9. The highest BCUT2D eigenvalue weighted by molar-refractivity contribution is 5.67. The molecule has 2 heteroatoms. The fourth-order valence-electron chi connectivity index (χ4n) is 3.95. The lowest BCUT2D eigenvalue weighted by molar-refractivity contribution is -0.0104. The van der Waals surface area contributed by atoms with Gasteiger partial charge in [0.2, 0.25) is 5.72 Å². The lowest BCUT2D eigenvalue weighted by Gasteiger charge is -2.46. The molecule has 1 atom stereocenters. The largest absolute Gasteiger partial charge is 0.467 e. The summed E-state index contributed by atoms with van der Waals surface area (Å²) in [5.74, 6) is 1.13. The molecule has 21 heavy (non-hydrogen) atoms. The standard InChI is InChI=1S/C19H21NO/c1-18(2)15-9-5-6-10-16(15)20(3)19(18)13-12-14-8-4-7-11-17(14)21-19/h4-6,8-10,12-13H,7,11H2,1-3H3/t19-/m1/s1. The van der Waals surface area contributed by atoms with Gasteiger partial charge in [-0.05, 0) is 44.1 Å². The number of rotatable bonds is 0. The molecule has 0 bridgehead atoms. The van der Waals surface area contributed by atoms with Crippen LogP contribution in [0.5, 0.6) is 0 Å². The number of allylic oxidation sites excluding steroid dienone is 5. The van der Waals surface area contributed by atoms with E-state index in [0.29, 0.717) is 0 Å². The van der Waals surface area contributed by atoms with Gasteiger partial charge in [0.25, 0.3) is 0 Å². The molecule has 1 aromatic carbocycles. The third-order valence-corrected chi connectivity index (χ3v) is 5.26. The van der Waals surface area contributed by atoms with Gasteiger partial charge in [0.05, 0.1) is 5.41 Å². The molecule has 0 saturated heterocycles. The van der Waals surface area contributed by atoms with Gasteiger partial charge in [0.15, 0.2) is 0 Å². The molecule has 0 fully saturated rings. The summed E-state index contributed by atoms with van der Waals surface area (Å²) in [6, 6.07) is 8.63. The number of fused-ring (bicyclic) bond motifs is 1. The topological polar surface area (TPSA) is 12.5 Å². The predicted octanol–water partition coefficient (Wildman–Crippen LogP) is 4.30. The van der Waals surface area contributed by atoms with Crippen LogP contribution < -0.4 is 4.90 Å². The summed E-state index contributed by atoms with van der Waals surface area (Å²) in [4.78, 5) is 2.29. The first-order chi connectivity index (χ1) is 10.1. The minimum absolute atomic E-state index is 0.0888. The Kier molecular flexibility index (Phi) is 2.45. The van der Waals surface area contributed by atoms with Gasteiger partial charge >= 0.3 is 0 Å². The summed E-state index contributed by atoms with van der Waals surface area (Å²) < 4.78 is 6.62. The smallest absolute Gasteiger partial charge is 0.211 e. The van der Waals surface area contributed by atoms with Crippen LogP contribution in [0, 0.1) is 0 Å². The van der Waals surface area contributed by atoms with Crippen molar-refractivity contribution in [3.8, 4) is 0 Å². The number of para-hydroxylation sites is 1. The van der Waals surface area contributed by atoms with Crippen LogP contribution in [-0.4, -0.2) is 12.8 Å². The first-order valence-corrected chi connectivity index (χ1v) is 7.67. The second-order valence-electron chi connectivity index (χ2n) is 6.65. The van der Waals surface area contributed by atoms with Crippen molar-refractivity contribution in [2.45, 2.75) is 37.8 Å². The molecule has 1 aromatic rings. The molecular formula is C19H21NO. The molecule has 4 rings (SSSR count). The maximum Gasteiger partial charge on any atom is 0.211 e. The second kappa shape index (κ2) is 4.03. The molecule has 3 aliphatic rings. The van der Waals surface area contributed by atoms with Gasteiger partial charge in [-0.2, -0.15) is 0 Å². The summed E-state index contributed by atoms with van der Waals surface area (Å²) in [6.45, 7) is 4.56. The Bertz CT molecular complexity index is 695. The van der Waals surface area contributed by atoms with Gasteiger partial charge in [0.1, 0.15) is 5.76 Å². The van der Waals surface area contributed by atoms with Crippen LogP contribution in [0.2, 0.25) is 0 Å². The minimum atomic E-state index is -0.416. The zero-order valence-electron chi connectivity index (χ0n) is 12.9. The molecular weight excluding hydrogens is 258 g/mol. The quantitative estimate of drug-likeness (QED) is 0.702. The first kappa shape index (κ1) is 12.8. The molecule has 1 spiro atoms. The highest BCUT2D eigenvalue weighted by atomic mass is 16.5. The van der Waals surface area contributed by atoms with Crippen LogP contribution in [0.3, 0.4) is 0 Å². The summed E-state index contributed by atoms with van der Waals surface area (Å²) in [5, 5.41) is 0. The van der Waals surface area contributed by atoms with Crippen molar-refractivity contribution in [1.82, 2.24) is 0 Å². The van der Waals surface area contributed by atoms with Crippen LogP contribution in [0.15, 0.2) is 59.9 Å². The predicted molar refractivity (Wildman–Crippen MR) is 86.2 cm³/mol. The van der Waals surface area contributed by atoms with Crippen molar-refractivity contribution >= 4 is 5.69 Å². The van der Waals surface area contributed by atoms with Crippen molar-refractivity contribution in [2.75, 3.05) is 11.9 Å². The molecule has 0 N–H and O–H groups in total. The Morgan fingerprint density at radius 3 is 2.76 bits per heavy atom. The number of hydrogen-bond donors (Lipinski definition) is 0. The van der Waals surface area contributed by atoms with Crippen LogP contribution in [-0.2, 0) is 10.2 Å². The van der Waals surface area contributed by atoms with Gasteiger partial charge in [0, 0.05) is 24.7 Å². The molecule has 1 aliphatic carbocycles. The molecule has 0 unspecified atom stereocenters. The normalized spacial score (nSPS) is 28.6. The number of hydrogen-bond acceptors (Lipinski definition) is 2. The zero-order valence-corrected chi connectivity index (χ0v) is 12.9. The van der Waals surface area contributed by atoms with Gasteiger partial charge in [-0.15, -0.1) is 0 Å². The van der Waals surface area contributed by atoms with Crippen molar-refractivity contribution in [2.24, 2.45) is 0 Å². The van der Waals surface area contributed by atoms with Gasteiger partial charge in [-0.1, -0.05) is 30.4 Å². The van der Waals surface area contributed by atoms with E-state index in [9.17, 15) is 0 Å².